The number of hydrogen-bond donors (Lipinski definition) is 2. The number of fused-ring (bicyclic) bond motifs is 1. The summed E-state index contributed by atoms with van der Waals surface area (Å²) in [6.45, 7) is -0.691. The third-order valence-electron chi connectivity index (χ3n) is 3.74. The lowest BCUT2D eigenvalue weighted by Gasteiger charge is -2.13. The van der Waals surface area contributed by atoms with E-state index in [4.69, 9.17) is 50.8 Å². The summed E-state index contributed by atoms with van der Waals surface area (Å²) < 4.78 is 5.03. The molecule has 1 aromatic heterocycles. The van der Waals surface area contributed by atoms with Gasteiger partial charge in [0.2, 0.25) is 5.91 Å². The molecule has 0 atom stereocenters. The predicted molar refractivity (Wildman–Crippen MR) is 101 cm³/mol. The van der Waals surface area contributed by atoms with E-state index < -0.39 is 30.3 Å². The van der Waals surface area contributed by atoms with Crippen molar-refractivity contribution in [2.45, 2.75) is 6.54 Å². The standard InChI is InChI=1S/C16H9Cl4N3O5/c17-10-8-9(11(18)13(20)12(10)19)15(26)23(14(8)25)5-7(24)22-16(27)21-4-6-2-1-3-28-6/h1-3H,4-5H2,(H2,21,22,24,27). The van der Waals surface area contributed by atoms with Crippen LogP contribution in [0.3, 0.4) is 0 Å². The van der Waals surface area contributed by atoms with Crippen molar-refractivity contribution >= 4 is 70.2 Å². The number of rotatable bonds is 4. The first-order valence-electron chi connectivity index (χ1n) is 7.54. The summed E-state index contributed by atoms with van der Waals surface area (Å²) in [5.41, 5.74) is -0.498. The van der Waals surface area contributed by atoms with Crippen molar-refractivity contribution in [1.29, 1.82) is 0 Å². The number of nitrogens with zero attached hydrogens (tertiary/aromatic N) is 1. The van der Waals surface area contributed by atoms with Gasteiger partial charge in [0.1, 0.15) is 12.3 Å². The molecule has 0 fully saturated rings. The second-order valence-electron chi connectivity index (χ2n) is 5.51. The first kappa shape index (κ1) is 20.5. The van der Waals surface area contributed by atoms with Gasteiger partial charge in [0, 0.05) is 0 Å². The molecule has 0 bridgehead atoms. The van der Waals surface area contributed by atoms with E-state index in [9.17, 15) is 19.2 Å². The van der Waals surface area contributed by atoms with Crippen molar-refractivity contribution < 1.29 is 23.6 Å². The van der Waals surface area contributed by atoms with Gasteiger partial charge in [0.25, 0.3) is 11.8 Å². The third kappa shape index (κ3) is 3.68. The predicted octanol–water partition coefficient (Wildman–Crippen LogP) is 3.52. The van der Waals surface area contributed by atoms with Crippen LogP contribution in [0.4, 0.5) is 4.79 Å². The number of urea groups is 1. The monoisotopic (exact) mass is 463 g/mol. The number of nitrogens with one attached hydrogen (secondary N) is 2. The lowest BCUT2D eigenvalue weighted by Crippen LogP contribution is -2.45. The molecule has 2 aromatic rings. The minimum Gasteiger partial charge on any atom is -0.467 e. The summed E-state index contributed by atoms with van der Waals surface area (Å²) in [6, 6.07) is 2.43. The zero-order valence-electron chi connectivity index (χ0n) is 13.6. The summed E-state index contributed by atoms with van der Waals surface area (Å²) in [7, 11) is 0. The van der Waals surface area contributed by atoms with E-state index in [-0.39, 0.29) is 37.8 Å². The Labute approximate surface area is 177 Å². The Morgan fingerprint density at radius 1 is 0.964 bits per heavy atom. The fraction of sp³-hybridized carbons (Fsp3) is 0.125. The molecule has 1 aromatic carbocycles. The molecular weight excluding hydrogens is 456 g/mol. The van der Waals surface area contributed by atoms with Gasteiger partial charge in [0.05, 0.1) is 44.0 Å². The molecule has 5 amide bonds. The number of hydrogen-bond acceptors (Lipinski definition) is 5. The highest BCUT2D eigenvalue weighted by Crippen LogP contribution is 2.44. The van der Waals surface area contributed by atoms with Crippen LogP contribution in [0.2, 0.25) is 20.1 Å². The lowest BCUT2D eigenvalue weighted by molar-refractivity contribution is -0.120. The Kier molecular flexibility index (Phi) is 5.85. The molecule has 2 heterocycles. The number of halogens is 4. The molecule has 8 nitrogen and oxygen atoms in total. The maximum atomic E-state index is 12.5. The van der Waals surface area contributed by atoms with Gasteiger partial charge < -0.3 is 9.73 Å². The molecule has 3 rings (SSSR count). The van der Waals surface area contributed by atoms with Crippen LogP contribution < -0.4 is 10.6 Å². The largest absolute Gasteiger partial charge is 0.467 e. The lowest BCUT2D eigenvalue weighted by atomic mass is 10.1. The third-order valence-corrected chi connectivity index (χ3v) is 5.55. The summed E-state index contributed by atoms with van der Waals surface area (Å²) in [5.74, 6) is -2.19. The van der Waals surface area contributed by atoms with Gasteiger partial charge >= 0.3 is 6.03 Å². The number of carbonyl (C=O) groups is 4. The highest BCUT2D eigenvalue weighted by atomic mass is 35.5. The molecule has 2 N–H and O–H groups in total. The van der Waals surface area contributed by atoms with E-state index in [0.29, 0.717) is 10.7 Å². The number of benzene rings is 1. The average Bonchev–Trinajstić information content (AvgIpc) is 3.25. The minimum absolute atomic E-state index is 0.0430. The van der Waals surface area contributed by atoms with Crippen LogP contribution in [0.1, 0.15) is 26.5 Å². The van der Waals surface area contributed by atoms with E-state index in [0.717, 1.165) is 0 Å². The molecule has 1 aliphatic heterocycles. The van der Waals surface area contributed by atoms with Crippen molar-refractivity contribution in [3.63, 3.8) is 0 Å². The number of amides is 5. The van der Waals surface area contributed by atoms with Crippen LogP contribution in [0.5, 0.6) is 0 Å². The summed E-state index contributed by atoms with van der Waals surface area (Å²) in [4.78, 5) is 49.4. The van der Waals surface area contributed by atoms with Crippen LogP contribution in [0.25, 0.3) is 0 Å². The fourth-order valence-electron chi connectivity index (χ4n) is 2.47. The van der Waals surface area contributed by atoms with Crippen LogP contribution >= 0.6 is 46.4 Å². The van der Waals surface area contributed by atoms with Gasteiger partial charge in [0.15, 0.2) is 0 Å². The normalized spacial score (nSPS) is 12.9. The smallest absolute Gasteiger partial charge is 0.321 e. The molecule has 0 spiro atoms. The second kappa shape index (κ2) is 8.00. The van der Waals surface area contributed by atoms with Gasteiger partial charge in [-0.2, -0.15) is 0 Å². The highest BCUT2D eigenvalue weighted by molar-refractivity contribution is 6.55. The molecule has 146 valence electrons. The summed E-state index contributed by atoms with van der Waals surface area (Å²) in [5, 5.41) is 3.52. The van der Waals surface area contributed by atoms with Gasteiger partial charge in [-0.1, -0.05) is 46.4 Å². The van der Waals surface area contributed by atoms with Crippen LogP contribution in [0.15, 0.2) is 22.8 Å². The Hall–Kier alpha value is -2.26. The van der Waals surface area contributed by atoms with E-state index in [2.05, 4.69) is 5.32 Å². The Bertz CT molecular complexity index is 959. The zero-order chi connectivity index (χ0) is 20.6. The van der Waals surface area contributed by atoms with Crippen LogP contribution in [0, 0.1) is 0 Å². The molecule has 0 saturated carbocycles. The second-order valence-corrected chi connectivity index (χ2v) is 7.02. The molecule has 1 aliphatic rings. The molecule has 12 heteroatoms. The molecule has 0 aliphatic carbocycles. The topological polar surface area (TPSA) is 109 Å². The molecular formula is C16H9Cl4N3O5. The minimum atomic E-state index is -0.907. The number of carbonyl (C=O) groups excluding carboxylic acids is 4. The van der Waals surface area contributed by atoms with E-state index in [1.54, 1.807) is 12.1 Å². The highest BCUT2D eigenvalue weighted by Gasteiger charge is 2.42. The molecule has 0 radical (unpaired) electrons. The summed E-state index contributed by atoms with van der Waals surface area (Å²) in [6.07, 6.45) is 1.43. The average molecular weight is 465 g/mol. The number of imide groups is 2. The number of furan rings is 1. The summed E-state index contributed by atoms with van der Waals surface area (Å²) >= 11 is 23.8. The van der Waals surface area contributed by atoms with E-state index in [1.165, 1.54) is 6.26 Å². The molecule has 28 heavy (non-hydrogen) atoms. The fourth-order valence-corrected chi connectivity index (χ4v) is 3.49. The maximum Gasteiger partial charge on any atom is 0.321 e. The first-order chi connectivity index (χ1) is 13.2. The van der Waals surface area contributed by atoms with Gasteiger partial charge in [-0.25, -0.2) is 4.79 Å². The zero-order valence-corrected chi connectivity index (χ0v) is 16.7. The maximum absolute atomic E-state index is 12.5. The van der Waals surface area contributed by atoms with Crippen molar-refractivity contribution in [3.05, 3.63) is 55.4 Å². The van der Waals surface area contributed by atoms with E-state index in [1.807, 2.05) is 5.32 Å². The molecule has 0 unspecified atom stereocenters. The SMILES string of the molecule is O=C(CN1C(=O)c2c(Cl)c(Cl)c(Cl)c(Cl)c2C1=O)NC(=O)NCc1ccco1. The van der Waals surface area contributed by atoms with Gasteiger partial charge in [-0.15, -0.1) is 0 Å². The van der Waals surface area contributed by atoms with Gasteiger partial charge in [-0.3, -0.25) is 24.6 Å². The van der Waals surface area contributed by atoms with Crippen LogP contribution in [-0.4, -0.2) is 35.2 Å². The Morgan fingerprint density at radius 3 is 2.04 bits per heavy atom. The van der Waals surface area contributed by atoms with Crippen molar-refractivity contribution in [2.75, 3.05) is 6.54 Å². The Morgan fingerprint density at radius 2 is 1.54 bits per heavy atom. The van der Waals surface area contributed by atoms with Gasteiger partial charge in [-0.05, 0) is 12.1 Å². The van der Waals surface area contributed by atoms with Crippen molar-refractivity contribution in [2.24, 2.45) is 0 Å². The van der Waals surface area contributed by atoms with Crippen molar-refractivity contribution in [3.8, 4) is 0 Å². The Balaban J connectivity index is 1.69. The van der Waals surface area contributed by atoms with Crippen molar-refractivity contribution in [1.82, 2.24) is 15.5 Å². The first-order valence-corrected chi connectivity index (χ1v) is 9.05. The molecule has 0 saturated heterocycles. The van der Waals surface area contributed by atoms with Crippen LogP contribution in [-0.2, 0) is 11.3 Å². The van der Waals surface area contributed by atoms with E-state index >= 15 is 0 Å². The quantitative estimate of drug-likeness (QED) is 0.408.